The number of hydrogen-bond acceptors (Lipinski definition) is 4. The minimum absolute atomic E-state index is 0.0380. The Kier molecular flexibility index (Phi) is 11.2. The summed E-state index contributed by atoms with van der Waals surface area (Å²) in [4.78, 5) is 14.4. The third-order valence-electron chi connectivity index (χ3n) is 1.61. The molecule has 2 aromatic heterocycles. The van der Waals surface area contributed by atoms with Gasteiger partial charge in [-0.05, 0) is 33.4 Å². The summed E-state index contributed by atoms with van der Waals surface area (Å²) in [5.41, 5.74) is 0. The zero-order valence-electron chi connectivity index (χ0n) is 11.1. The van der Waals surface area contributed by atoms with Crippen molar-refractivity contribution in [1.29, 1.82) is 0 Å². The fourth-order valence-corrected chi connectivity index (χ4v) is 3.51. The third kappa shape index (κ3) is 10.3. The van der Waals surface area contributed by atoms with Crippen LogP contribution in [0.4, 0.5) is 32.4 Å². The van der Waals surface area contributed by atoms with Crippen molar-refractivity contribution in [3.05, 3.63) is 49.3 Å². The van der Waals surface area contributed by atoms with E-state index in [4.69, 9.17) is 17.9 Å². The van der Waals surface area contributed by atoms with Gasteiger partial charge in [0, 0.05) is 4.47 Å². The van der Waals surface area contributed by atoms with Crippen LogP contribution in [-0.2, 0) is 0 Å². The van der Waals surface area contributed by atoms with Crippen molar-refractivity contribution in [3.8, 4) is 5.06 Å². The van der Waals surface area contributed by atoms with Crippen molar-refractivity contribution < 1.29 is 27.1 Å². The fraction of sp³-hybridized carbons (Fsp3) is 0.0833. The van der Waals surface area contributed by atoms with Crippen LogP contribution in [0.5, 0.6) is 5.06 Å². The number of nitrogens with zero attached hydrogens (tertiary/aromatic N) is 2. The second kappa shape index (κ2) is 12.0. The van der Waals surface area contributed by atoms with Crippen LogP contribution in [0, 0.1) is 13.1 Å². The molecular weight excluding hydrogens is 504 g/mol. The minimum Gasteiger partial charge on any atom is -0.425 e. The molecule has 2 heterocycles. The molecular formula is C12H4Br2F4N2O2S2. The molecule has 0 fully saturated rings. The Bertz CT molecular complexity index is 749. The van der Waals surface area contributed by atoms with E-state index in [9.17, 15) is 17.6 Å². The second-order valence-electron chi connectivity index (χ2n) is 3.15. The van der Waals surface area contributed by atoms with Crippen LogP contribution < -0.4 is 4.74 Å². The van der Waals surface area contributed by atoms with Crippen molar-refractivity contribution in [2.45, 2.75) is 6.61 Å². The number of halogens is 6. The van der Waals surface area contributed by atoms with Crippen molar-refractivity contribution >= 4 is 70.8 Å². The molecule has 24 heavy (non-hydrogen) atoms. The average Bonchev–Trinajstić information content (AvgIpc) is 3.05. The monoisotopic (exact) mass is 506 g/mol. The van der Waals surface area contributed by atoms with Crippen molar-refractivity contribution in [2.75, 3.05) is 0 Å². The highest BCUT2D eigenvalue weighted by atomic mass is 79.9. The molecule has 2 rings (SSSR count). The molecule has 0 N–H and O–H groups in total. The Balaban J connectivity index is 0.000000379. The maximum atomic E-state index is 11.7. The van der Waals surface area contributed by atoms with E-state index in [1.165, 1.54) is 17.4 Å². The lowest BCUT2D eigenvalue weighted by molar-refractivity contribution is -0.0476. The van der Waals surface area contributed by atoms with E-state index in [1.807, 2.05) is 5.38 Å². The van der Waals surface area contributed by atoms with Gasteiger partial charge >= 0.3 is 12.9 Å². The van der Waals surface area contributed by atoms with Gasteiger partial charge in [0.1, 0.15) is 0 Å². The Morgan fingerprint density at radius 3 is 2.00 bits per heavy atom. The van der Waals surface area contributed by atoms with Gasteiger partial charge in [-0.15, -0.1) is 20.1 Å². The van der Waals surface area contributed by atoms with Crippen molar-refractivity contribution in [3.63, 3.8) is 0 Å². The lowest BCUT2D eigenvalue weighted by atomic mass is 10.6. The van der Waals surface area contributed by atoms with Crippen LogP contribution in [0.2, 0.25) is 0 Å². The molecule has 0 aliphatic rings. The average molecular weight is 508 g/mol. The third-order valence-corrected chi connectivity index (χ3v) is 4.97. The number of rotatable bonds is 2. The smallest absolute Gasteiger partial charge is 0.425 e. The van der Waals surface area contributed by atoms with Crippen molar-refractivity contribution in [2.24, 2.45) is 0 Å². The molecule has 2 aromatic rings. The molecule has 0 aliphatic carbocycles. The molecule has 0 aromatic carbocycles. The molecule has 0 atom stereocenters. The van der Waals surface area contributed by atoms with Gasteiger partial charge in [-0.1, -0.05) is 15.9 Å². The Hall–Kier alpha value is -1.47. The zero-order valence-corrected chi connectivity index (χ0v) is 15.9. The van der Waals surface area contributed by atoms with Crippen LogP contribution in [0.1, 0.15) is 0 Å². The Morgan fingerprint density at radius 1 is 1.17 bits per heavy atom. The van der Waals surface area contributed by atoms with Gasteiger partial charge in [0.05, 0.1) is 17.6 Å². The van der Waals surface area contributed by atoms with Gasteiger partial charge in [-0.25, -0.2) is 14.5 Å². The summed E-state index contributed by atoms with van der Waals surface area (Å²) in [6.45, 7) is 10.3. The summed E-state index contributed by atoms with van der Waals surface area (Å²) < 4.78 is 48.3. The lowest BCUT2D eigenvalue weighted by Crippen LogP contribution is -2.00. The molecule has 0 unspecified atom stereocenters. The quantitative estimate of drug-likeness (QED) is 0.236. The highest BCUT2D eigenvalue weighted by Crippen LogP contribution is 2.40. The highest BCUT2D eigenvalue weighted by molar-refractivity contribution is 9.11. The van der Waals surface area contributed by atoms with Crippen LogP contribution in [0.15, 0.2) is 26.5 Å². The second-order valence-corrected chi connectivity index (χ2v) is 6.80. The first-order valence-corrected chi connectivity index (χ1v) is 8.55. The lowest BCUT2D eigenvalue weighted by Gasteiger charge is -2.00. The predicted octanol–water partition coefficient (Wildman–Crippen LogP) is 7.77. The van der Waals surface area contributed by atoms with Crippen LogP contribution in [0.3, 0.4) is 0 Å². The van der Waals surface area contributed by atoms with Crippen LogP contribution in [-0.4, -0.2) is 12.9 Å². The summed E-state index contributed by atoms with van der Waals surface area (Å²) in [7, 11) is 0. The van der Waals surface area contributed by atoms with Crippen LogP contribution >= 0.6 is 54.5 Å². The standard InChI is InChI=1S/C6H2BrF2NOS.C5H2BrNS.CF2O/c1-10-4-2-3(7)5(12-4)11-6(8)9;1-7-5-2-4(6)3-8-5;2-1(3)4/h2,6H;2-3H;. The van der Waals surface area contributed by atoms with Gasteiger partial charge in [-0.2, -0.15) is 20.1 Å². The minimum atomic E-state index is -2.85. The Morgan fingerprint density at radius 2 is 1.71 bits per heavy atom. The van der Waals surface area contributed by atoms with E-state index >= 15 is 0 Å². The number of carbonyl (C=O) groups is 1. The number of ether oxygens (including phenoxy) is 1. The molecule has 0 radical (unpaired) electrons. The molecule has 4 nitrogen and oxygen atoms in total. The number of hydrogen-bond donors (Lipinski definition) is 0. The summed E-state index contributed by atoms with van der Waals surface area (Å²) in [5, 5.41) is 2.98. The SMILES string of the molecule is O=C(F)F.[C-]#[N+]c1cc(Br)c(OC(F)F)s1.[C-]#[N+]c1cc(Br)cs1. The molecule has 0 saturated carbocycles. The van der Waals surface area contributed by atoms with E-state index in [0.29, 0.717) is 9.47 Å². The molecule has 12 heteroatoms. The molecule has 0 amide bonds. The number of thiophene rings is 2. The predicted molar refractivity (Wildman–Crippen MR) is 90.8 cm³/mol. The molecule has 0 spiro atoms. The number of alkyl halides is 2. The summed E-state index contributed by atoms with van der Waals surface area (Å²) in [6.07, 6.45) is -2.83. The van der Waals surface area contributed by atoms with Gasteiger partial charge in [-0.3, -0.25) is 0 Å². The first-order valence-electron chi connectivity index (χ1n) is 5.27. The zero-order chi connectivity index (χ0) is 18.7. The first kappa shape index (κ1) is 22.5. The molecule has 128 valence electrons. The summed E-state index contributed by atoms with van der Waals surface area (Å²) in [6, 6.07) is 3.24. The van der Waals surface area contributed by atoms with Crippen LogP contribution in [0.25, 0.3) is 9.69 Å². The topological polar surface area (TPSA) is 35.0 Å². The largest absolute Gasteiger partial charge is 0.483 e. The van der Waals surface area contributed by atoms with E-state index in [1.54, 1.807) is 6.07 Å². The normalized spacial score (nSPS) is 8.88. The van der Waals surface area contributed by atoms with Gasteiger partial charge < -0.3 is 4.74 Å². The van der Waals surface area contributed by atoms with E-state index in [0.717, 1.165) is 20.8 Å². The Labute approximate surface area is 158 Å². The maximum absolute atomic E-state index is 11.7. The van der Waals surface area contributed by atoms with Crippen molar-refractivity contribution in [1.82, 2.24) is 0 Å². The highest BCUT2D eigenvalue weighted by Gasteiger charge is 2.11. The van der Waals surface area contributed by atoms with E-state index in [-0.39, 0.29) is 5.06 Å². The molecule has 0 saturated heterocycles. The fourth-order valence-electron chi connectivity index (χ4n) is 0.918. The van der Waals surface area contributed by atoms with Gasteiger partial charge in [0.25, 0.3) is 0 Å². The first-order chi connectivity index (χ1) is 11.2. The van der Waals surface area contributed by atoms with Gasteiger partial charge in [0.15, 0.2) is 5.06 Å². The van der Waals surface area contributed by atoms with E-state index < -0.39 is 12.9 Å². The molecule has 0 aliphatic heterocycles. The number of carbonyl (C=O) groups excluding carboxylic acids is 1. The molecule has 0 bridgehead atoms. The van der Waals surface area contributed by atoms with E-state index in [2.05, 4.69) is 46.3 Å². The summed E-state index contributed by atoms with van der Waals surface area (Å²) in [5.74, 6) is 0. The maximum Gasteiger partial charge on any atom is 0.483 e. The van der Waals surface area contributed by atoms with Gasteiger partial charge in [0.2, 0.25) is 10.0 Å². The summed E-state index contributed by atoms with van der Waals surface area (Å²) >= 11 is 8.57.